The van der Waals surface area contributed by atoms with Gasteiger partial charge in [0.15, 0.2) is 0 Å². The first kappa shape index (κ1) is 16.2. The van der Waals surface area contributed by atoms with Gasteiger partial charge in [-0.2, -0.15) is 0 Å². The molecular formula is C13H28N2O2. The van der Waals surface area contributed by atoms with Gasteiger partial charge in [0.1, 0.15) is 0 Å². The smallest absolute Gasteiger partial charge is 0.407 e. The van der Waals surface area contributed by atoms with Gasteiger partial charge in [-0.1, -0.05) is 13.3 Å². The number of carbonyl (C=O) groups excluding carboxylic acids is 1. The van der Waals surface area contributed by atoms with E-state index in [9.17, 15) is 4.79 Å². The summed E-state index contributed by atoms with van der Waals surface area (Å²) < 4.78 is 4.98. The molecule has 4 heteroatoms. The molecule has 0 spiro atoms. The van der Waals surface area contributed by atoms with E-state index in [1.54, 1.807) is 0 Å². The minimum Gasteiger partial charge on any atom is -0.450 e. The van der Waals surface area contributed by atoms with Crippen LogP contribution < -0.4 is 10.6 Å². The minimum atomic E-state index is -0.290. The fourth-order valence-corrected chi connectivity index (χ4v) is 1.26. The van der Waals surface area contributed by atoms with E-state index >= 15 is 0 Å². The topological polar surface area (TPSA) is 50.4 Å². The van der Waals surface area contributed by atoms with Crippen molar-refractivity contribution in [2.75, 3.05) is 19.7 Å². The third-order valence-corrected chi connectivity index (χ3v) is 2.26. The van der Waals surface area contributed by atoms with Crippen molar-refractivity contribution in [2.24, 2.45) is 0 Å². The zero-order chi connectivity index (χ0) is 13.1. The quantitative estimate of drug-likeness (QED) is 0.645. The summed E-state index contributed by atoms with van der Waals surface area (Å²) in [6.45, 7) is 10.7. The summed E-state index contributed by atoms with van der Waals surface area (Å²) in [5.41, 5.74) is 0.173. The molecule has 0 fully saturated rings. The first-order chi connectivity index (χ1) is 7.95. The highest BCUT2D eigenvalue weighted by Gasteiger charge is 2.07. The molecule has 0 unspecified atom stereocenters. The maximum Gasteiger partial charge on any atom is 0.407 e. The van der Waals surface area contributed by atoms with Gasteiger partial charge in [-0.3, -0.25) is 0 Å². The summed E-state index contributed by atoms with van der Waals surface area (Å²) in [7, 11) is 0. The van der Waals surface area contributed by atoms with E-state index in [4.69, 9.17) is 4.74 Å². The average Bonchev–Trinajstić information content (AvgIpc) is 2.22. The summed E-state index contributed by atoms with van der Waals surface area (Å²) in [4.78, 5) is 11.2. The molecule has 1 amide bonds. The SMILES string of the molecule is CCCCOC(=O)NCCCCNC(C)(C)C. The molecule has 102 valence electrons. The van der Waals surface area contributed by atoms with E-state index in [0.29, 0.717) is 13.2 Å². The van der Waals surface area contributed by atoms with Crippen LogP contribution >= 0.6 is 0 Å². The number of hydrogen-bond donors (Lipinski definition) is 2. The number of rotatable bonds is 8. The summed E-state index contributed by atoms with van der Waals surface area (Å²) in [6.07, 6.45) is 3.73. The molecule has 0 saturated carbocycles. The number of amides is 1. The van der Waals surface area contributed by atoms with Crippen LogP contribution in [0.3, 0.4) is 0 Å². The number of carbonyl (C=O) groups is 1. The van der Waals surface area contributed by atoms with Crippen molar-refractivity contribution in [3.05, 3.63) is 0 Å². The van der Waals surface area contributed by atoms with E-state index in [0.717, 1.165) is 32.2 Å². The van der Waals surface area contributed by atoms with Crippen LogP contribution in [-0.2, 0) is 4.74 Å². The lowest BCUT2D eigenvalue weighted by Crippen LogP contribution is -2.36. The van der Waals surface area contributed by atoms with E-state index in [1.165, 1.54) is 0 Å². The zero-order valence-corrected chi connectivity index (χ0v) is 11.8. The second-order valence-electron chi connectivity index (χ2n) is 5.30. The predicted octanol–water partition coefficient (Wildman–Crippen LogP) is 2.68. The molecule has 0 aliphatic heterocycles. The van der Waals surface area contributed by atoms with Crippen LogP contribution in [0.4, 0.5) is 4.79 Å². The summed E-state index contributed by atoms with van der Waals surface area (Å²) in [6, 6.07) is 0. The molecule has 0 aromatic rings. The largest absolute Gasteiger partial charge is 0.450 e. The molecule has 0 aromatic carbocycles. The molecule has 0 bridgehead atoms. The lowest BCUT2D eigenvalue weighted by Gasteiger charge is -2.20. The van der Waals surface area contributed by atoms with E-state index < -0.39 is 0 Å². The Hall–Kier alpha value is -0.770. The lowest BCUT2D eigenvalue weighted by molar-refractivity contribution is 0.144. The normalized spacial score (nSPS) is 11.3. The second-order valence-corrected chi connectivity index (χ2v) is 5.30. The fourth-order valence-electron chi connectivity index (χ4n) is 1.26. The monoisotopic (exact) mass is 244 g/mol. The lowest BCUT2D eigenvalue weighted by atomic mass is 10.1. The molecule has 0 radical (unpaired) electrons. The van der Waals surface area contributed by atoms with Crippen LogP contribution in [0.25, 0.3) is 0 Å². The zero-order valence-electron chi connectivity index (χ0n) is 11.8. The van der Waals surface area contributed by atoms with Gasteiger partial charge >= 0.3 is 6.09 Å². The van der Waals surface area contributed by atoms with Gasteiger partial charge in [0.05, 0.1) is 6.61 Å². The van der Waals surface area contributed by atoms with Gasteiger partial charge in [0.2, 0.25) is 0 Å². The van der Waals surface area contributed by atoms with Crippen molar-refractivity contribution < 1.29 is 9.53 Å². The average molecular weight is 244 g/mol. The molecule has 17 heavy (non-hydrogen) atoms. The highest BCUT2D eigenvalue weighted by Crippen LogP contribution is 1.98. The van der Waals surface area contributed by atoms with Crippen molar-refractivity contribution >= 4 is 6.09 Å². The summed E-state index contributed by atoms with van der Waals surface area (Å²) in [5, 5.41) is 6.16. The van der Waals surface area contributed by atoms with Crippen LogP contribution in [0.1, 0.15) is 53.4 Å². The molecule has 0 aliphatic rings. The molecule has 0 heterocycles. The summed E-state index contributed by atoms with van der Waals surface area (Å²) in [5.74, 6) is 0. The van der Waals surface area contributed by atoms with Crippen LogP contribution in [0, 0.1) is 0 Å². The molecule has 0 aromatic heterocycles. The van der Waals surface area contributed by atoms with E-state index in [1.807, 2.05) is 0 Å². The number of ether oxygens (including phenoxy) is 1. The van der Waals surface area contributed by atoms with Crippen molar-refractivity contribution in [2.45, 2.75) is 58.9 Å². The highest BCUT2D eigenvalue weighted by atomic mass is 16.5. The van der Waals surface area contributed by atoms with Crippen LogP contribution in [0.15, 0.2) is 0 Å². The Balaban J connectivity index is 3.25. The van der Waals surface area contributed by atoms with Gasteiger partial charge < -0.3 is 15.4 Å². The number of hydrogen-bond acceptors (Lipinski definition) is 3. The van der Waals surface area contributed by atoms with Crippen LogP contribution in [0.2, 0.25) is 0 Å². The summed E-state index contributed by atoms with van der Waals surface area (Å²) >= 11 is 0. The Morgan fingerprint density at radius 3 is 2.35 bits per heavy atom. The predicted molar refractivity (Wildman–Crippen MR) is 71.2 cm³/mol. The molecule has 2 N–H and O–H groups in total. The van der Waals surface area contributed by atoms with Crippen molar-refractivity contribution in [3.8, 4) is 0 Å². The fraction of sp³-hybridized carbons (Fsp3) is 0.923. The molecule has 0 aliphatic carbocycles. The number of unbranched alkanes of at least 4 members (excludes halogenated alkanes) is 2. The number of nitrogens with one attached hydrogen (secondary N) is 2. The van der Waals surface area contributed by atoms with Crippen molar-refractivity contribution in [1.29, 1.82) is 0 Å². The molecule has 0 rings (SSSR count). The number of alkyl carbamates (subject to hydrolysis) is 1. The van der Waals surface area contributed by atoms with Crippen LogP contribution in [0.5, 0.6) is 0 Å². The highest BCUT2D eigenvalue weighted by molar-refractivity contribution is 5.66. The minimum absolute atomic E-state index is 0.173. The van der Waals surface area contributed by atoms with E-state index in [-0.39, 0.29) is 11.6 Å². The van der Waals surface area contributed by atoms with E-state index in [2.05, 4.69) is 38.3 Å². The standard InChI is InChI=1S/C13H28N2O2/c1-5-6-11-17-12(16)14-9-7-8-10-15-13(2,3)4/h15H,5-11H2,1-4H3,(H,14,16). The Kier molecular flexibility index (Phi) is 8.86. The van der Waals surface area contributed by atoms with Gasteiger partial charge in [-0.05, 0) is 46.6 Å². The molecule has 0 saturated heterocycles. The molecular weight excluding hydrogens is 216 g/mol. The molecule has 4 nitrogen and oxygen atoms in total. The Labute approximate surface area is 105 Å². The Morgan fingerprint density at radius 1 is 1.12 bits per heavy atom. The first-order valence-electron chi connectivity index (χ1n) is 6.61. The van der Waals surface area contributed by atoms with Crippen molar-refractivity contribution in [3.63, 3.8) is 0 Å². The van der Waals surface area contributed by atoms with Gasteiger partial charge in [-0.15, -0.1) is 0 Å². The molecule has 0 atom stereocenters. The Morgan fingerprint density at radius 2 is 1.76 bits per heavy atom. The van der Waals surface area contributed by atoms with Gasteiger partial charge in [0, 0.05) is 12.1 Å². The maximum absolute atomic E-state index is 11.2. The maximum atomic E-state index is 11.2. The van der Waals surface area contributed by atoms with Crippen LogP contribution in [-0.4, -0.2) is 31.3 Å². The third-order valence-electron chi connectivity index (χ3n) is 2.26. The third kappa shape index (κ3) is 13.2. The Bertz CT molecular complexity index is 200. The van der Waals surface area contributed by atoms with Gasteiger partial charge in [-0.25, -0.2) is 4.79 Å². The second kappa shape index (κ2) is 9.28. The van der Waals surface area contributed by atoms with Gasteiger partial charge in [0.25, 0.3) is 0 Å². The van der Waals surface area contributed by atoms with Crippen molar-refractivity contribution in [1.82, 2.24) is 10.6 Å². The first-order valence-corrected chi connectivity index (χ1v) is 6.61.